The third kappa shape index (κ3) is 6.62. The smallest absolute Gasteiger partial charge is 0.328 e. The Morgan fingerprint density at radius 2 is 1.81 bits per heavy atom. The predicted molar refractivity (Wildman–Crippen MR) is 133 cm³/mol. The van der Waals surface area contributed by atoms with Gasteiger partial charge in [-0.3, -0.25) is 14.4 Å². The first-order valence-electron chi connectivity index (χ1n) is 12.5. The van der Waals surface area contributed by atoms with Crippen LogP contribution < -0.4 is 0 Å². The van der Waals surface area contributed by atoms with Crippen molar-refractivity contribution in [3.05, 3.63) is 24.0 Å². The van der Waals surface area contributed by atoms with Gasteiger partial charge in [0.15, 0.2) is 11.6 Å². The van der Waals surface area contributed by atoms with Gasteiger partial charge in [-0.1, -0.05) is 46.1 Å². The van der Waals surface area contributed by atoms with Crippen LogP contribution in [0.1, 0.15) is 67.2 Å². The SMILES string of the molecule is CCC[C@@H](C)[C@H]1[C@H](CO)C(=O)[C@@](C)(O)[C@H]([C@@H](CC)COC(=O)C/C(C)=C/C(=O)O)[C@]1(C)C(=O)/C=C\O. The first kappa shape index (κ1) is 31.5. The van der Waals surface area contributed by atoms with Gasteiger partial charge in [0.1, 0.15) is 5.60 Å². The van der Waals surface area contributed by atoms with Crippen LogP contribution in [0.15, 0.2) is 24.0 Å². The van der Waals surface area contributed by atoms with Crippen molar-refractivity contribution >= 4 is 23.5 Å². The van der Waals surface area contributed by atoms with E-state index in [0.717, 1.165) is 18.6 Å². The van der Waals surface area contributed by atoms with E-state index in [-0.39, 0.29) is 18.9 Å². The number of carbonyl (C=O) groups is 4. The van der Waals surface area contributed by atoms with E-state index < -0.39 is 64.8 Å². The molecule has 9 heteroatoms. The Labute approximate surface area is 213 Å². The lowest BCUT2D eigenvalue weighted by molar-refractivity contribution is -0.196. The standard InChI is InChI=1S/C27H42O9/c1-7-9-17(4)23-19(14-29)25(34)27(6,35)24(26(23,5)20(30)10-11-28)18(8-2)15-36-22(33)13-16(3)12-21(31)32/h10-12,17-19,23-24,28-29,35H,7-9,13-15H2,1-6H3,(H,31,32)/b11-10-,16-12+/t17-,18+,19+,23+,24-,26-,27+/m1/s1. The molecule has 1 saturated carbocycles. The van der Waals surface area contributed by atoms with Crippen LogP contribution in [0.3, 0.4) is 0 Å². The van der Waals surface area contributed by atoms with Gasteiger partial charge in [-0.2, -0.15) is 0 Å². The normalized spacial score (nSPS) is 30.7. The number of carbonyl (C=O) groups excluding carboxylic acids is 3. The highest BCUT2D eigenvalue weighted by Crippen LogP contribution is 2.57. The Balaban J connectivity index is 3.57. The number of Topliss-reactive ketones (excluding diaryl/α,β-unsaturated/α-hetero) is 1. The largest absolute Gasteiger partial charge is 0.515 e. The number of carboxylic acids is 1. The maximum Gasteiger partial charge on any atom is 0.328 e. The van der Waals surface area contributed by atoms with Crippen LogP contribution in [0, 0.1) is 35.0 Å². The van der Waals surface area contributed by atoms with Gasteiger partial charge in [0.25, 0.3) is 0 Å². The van der Waals surface area contributed by atoms with E-state index in [4.69, 9.17) is 9.84 Å². The van der Waals surface area contributed by atoms with Crippen LogP contribution in [0.4, 0.5) is 0 Å². The highest BCUT2D eigenvalue weighted by atomic mass is 16.5. The average Bonchev–Trinajstić information content (AvgIpc) is 2.77. The Bertz CT molecular complexity index is 872. The number of hydrogen-bond acceptors (Lipinski definition) is 8. The molecule has 0 aromatic heterocycles. The maximum atomic E-state index is 13.6. The van der Waals surface area contributed by atoms with Crippen LogP contribution in [-0.2, 0) is 23.9 Å². The molecule has 0 unspecified atom stereocenters. The second-order valence-electron chi connectivity index (χ2n) is 10.4. The second kappa shape index (κ2) is 13.1. The van der Waals surface area contributed by atoms with E-state index in [1.165, 1.54) is 13.8 Å². The fourth-order valence-electron chi connectivity index (χ4n) is 6.42. The van der Waals surface area contributed by atoms with Gasteiger partial charge in [0.05, 0.1) is 25.9 Å². The van der Waals surface area contributed by atoms with Gasteiger partial charge in [0, 0.05) is 29.4 Å². The summed E-state index contributed by atoms with van der Waals surface area (Å²) >= 11 is 0. The number of carboxylic acid groups (broad SMARTS) is 1. The number of aliphatic hydroxyl groups excluding tert-OH is 2. The zero-order valence-electron chi connectivity index (χ0n) is 22.2. The summed E-state index contributed by atoms with van der Waals surface area (Å²) in [7, 11) is 0. The predicted octanol–water partition coefficient (Wildman–Crippen LogP) is 3.23. The third-order valence-electron chi connectivity index (χ3n) is 7.77. The summed E-state index contributed by atoms with van der Waals surface area (Å²) in [5.41, 5.74) is -3.09. The van der Waals surface area contributed by atoms with Gasteiger partial charge < -0.3 is 25.2 Å². The number of aliphatic hydroxyl groups is 3. The number of ketones is 2. The molecular weight excluding hydrogens is 468 g/mol. The molecule has 0 heterocycles. The molecule has 0 aromatic carbocycles. The van der Waals surface area contributed by atoms with Crippen LogP contribution in [0.2, 0.25) is 0 Å². The molecular formula is C27H42O9. The average molecular weight is 511 g/mol. The number of hydrogen-bond donors (Lipinski definition) is 4. The Kier molecular flexibility index (Phi) is 11.5. The lowest BCUT2D eigenvalue weighted by Gasteiger charge is -2.58. The van der Waals surface area contributed by atoms with Crippen molar-refractivity contribution in [1.82, 2.24) is 0 Å². The van der Waals surface area contributed by atoms with Gasteiger partial charge in [-0.05, 0) is 38.0 Å². The molecule has 0 saturated heterocycles. The summed E-state index contributed by atoms with van der Waals surface area (Å²) in [6.45, 7) is 9.43. The second-order valence-corrected chi connectivity index (χ2v) is 10.4. The molecule has 1 rings (SSSR count). The van der Waals surface area contributed by atoms with E-state index in [0.29, 0.717) is 24.7 Å². The molecule has 7 atom stereocenters. The Morgan fingerprint density at radius 1 is 1.19 bits per heavy atom. The highest BCUT2D eigenvalue weighted by molar-refractivity contribution is 6.00. The monoisotopic (exact) mass is 510 g/mol. The first-order valence-corrected chi connectivity index (χ1v) is 12.5. The molecule has 36 heavy (non-hydrogen) atoms. The number of esters is 1. The van der Waals surface area contributed by atoms with E-state index >= 15 is 0 Å². The fourth-order valence-corrected chi connectivity index (χ4v) is 6.42. The minimum atomic E-state index is -2.02. The third-order valence-corrected chi connectivity index (χ3v) is 7.77. The van der Waals surface area contributed by atoms with Crippen molar-refractivity contribution in [3.8, 4) is 0 Å². The summed E-state index contributed by atoms with van der Waals surface area (Å²) in [6, 6.07) is 0. The maximum absolute atomic E-state index is 13.6. The Morgan fingerprint density at radius 3 is 2.28 bits per heavy atom. The summed E-state index contributed by atoms with van der Waals surface area (Å²) in [6.07, 6.45) is 4.13. The van der Waals surface area contributed by atoms with Crippen LogP contribution in [0.25, 0.3) is 0 Å². The van der Waals surface area contributed by atoms with Gasteiger partial charge in [0.2, 0.25) is 0 Å². The van der Waals surface area contributed by atoms with Crippen LogP contribution >= 0.6 is 0 Å². The molecule has 204 valence electrons. The molecule has 0 aromatic rings. The van der Waals surface area contributed by atoms with Crippen molar-refractivity contribution in [1.29, 1.82) is 0 Å². The lowest BCUT2D eigenvalue weighted by atomic mass is 9.45. The molecule has 0 bridgehead atoms. The first-order chi connectivity index (χ1) is 16.7. The van der Waals surface area contributed by atoms with Gasteiger partial charge >= 0.3 is 11.9 Å². The number of aliphatic carboxylic acids is 1. The summed E-state index contributed by atoms with van der Waals surface area (Å²) in [4.78, 5) is 50.3. The van der Waals surface area contributed by atoms with Crippen molar-refractivity contribution < 1.29 is 44.3 Å². The molecule has 1 aliphatic carbocycles. The molecule has 9 nitrogen and oxygen atoms in total. The van der Waals surface area contributed by atoms with E-state index in [1.54, 1.807) is 13.8 Å². The van der Waals surface area contributed by atoms with Crippen LogP contribution in [0.5, 0.6) is 0 Å². The molecule has 0 spiro atoms. The Hall–Kier alpha value is -2.52. The molecule has 0 amide bonds. The zero-order chi connectivity index (χ0) is 27.8. The number of ether oxygens (including phenoxy) is 1. The quantitative estimate of drug-likeness (QED) is 0.166. The highest BCUT2D eigenvalue weighted by Gasteiger charge is 2.66. The van der Waals surface area contributed by atoms with E-state index in [9.17, 15) is 34.5 Å². The zero-order valence-corrected chi connectivity index (χ0v) is 22.2. The fraction of sp³-hybridized carbons (Fsp3) is 0.704. The van der Waals surface area contributed by atoms with E-state index in [1.807, 2.05) is 13.8 Å². The number of rotatable bonds is 13. The summed E-state index contributed by atoms with van der Waals surface area (Å²) < 4.78 is 5.44. The summed E-state index contributed by atoms with van der Waals surface area (Å²) in [5.74, 6) is -6.28. The summed E-state index contributed by atoms with van der Waals surface area (Å²) in [5, 5.41) is 40.1. The molecule has 1 aliphatic rings. The molecule has 0 aliphatic heterocycles. The minimum absolute atomic E-state index is 0.167. The van der Waals surface area contributed by atoms with E-state index in [2.05, 4.69) is 0 Å². The molecule has 0 radical (unpaired) electrons. The van der Waals surface area contributed by atoms with Crippen LogP contribution in [-0.4, -0.2) is 62.7 Å². The van der Waals surface area contributed by atoms with Gasteiger partial charge in [-0.15, -0.1) is 0 Å². The lowest BCUT2D eigenvalue weighted by Crippen LogP contribution is -2.68. The van der Waals surface area contributed by atoms with Crippen molar-refractivity contribution in [2.45, 2.75) is 72.8 Å². The minimum Gasteiger partial charge on any atom is -0.515 e. The molecule has 1 fully saturated rings. The van der Waals surface area contributed by atoms with Crippen molar-refractivity contribution in [2.75, 3.05) is 13.2 Å². The van der Waals surface area contributed by atoms with Crippen molar-refractivity contribution in [3.63, 3.8) is 0 Å². The molecule has 4 N–H and O–H groups in total. The number of allylic oxidation sites excluding steroid dienone is 1. The topological polar surface area (TPSA) is 158 Å². The van der Waals surface area contributed by atoms with Gasteiger partial charge in [-0.25, -0.2) is 4.79 Å². The van der Waals surface area contributed by atoms with Crippen molar-refractivity contribution in [2.24, 2.45) is 35.0 Å².